The van der Waals surface area contributed by atoms with Crippen molar-refractivity contribution >= 4 is 23.4 Å². The molecule has 1 saturated carbocycles. The van der Waals surface area contributed by atoms with Crippen LogP contribution in [0.25, 0.3) is 0 Å². The first-order chi connectivity index (χ1) is 9.01. The average Bonchev–Trinajstić information content (AvgIpc) is 3.19. The zero-order chi connectivity index (χ0) is 14.4. The smallest absolute Gasteiger partial charge is 0.0293 e. The van der Waals surface area contributed by atoms with Gasteiger partial charge >= 0.3 is 0 Å². The van der Waals surface area contributed by atoms with Gasteiger partial charge in [0.05, 0.1) is 0 Å². The van der Waals surface area contributed by atoms with E-state index in [2.05, 4.69) is 19.7 Å². The van der Waals surface area contributed by atoms with Crippen LogP contribution in [-0.2, 0) is 0 Å². The van der Waals surface area contributed by atoms with Crippen molar-refractivity contribution in [3.8, 4) is 0 Å². The lowest BCUT2D eigenvalue weighted by molar-refractivity contribution is 1.05. The molecule has 0 amide bonds. The molecule has 102 valence electrons. The van der Waals surface area contributed by atoms with Crippen LogP contribution in [0.1, 0.15) is 26.7 Å². The molecule has 0 atom stereocenters. The molecule has 1 aliphatic carbocycles. The third-order valence-electron chi connectivity index (χ3n) is 2.94. The molecular formula is C17H21ClS. The van der Waals surface area contributed by atoms with Gasteiger partial charge in [-0.3, -0.25) is 0 Å². The number of allylic oxidation sites excluding steroid dienone is 7. The third kappa shape index (κ3) is 4.93. The standard InChI is InChI=1S/C17H21ClS/c1-6-8-9-15(7-2)14(5)19-17(13(4)18)12(3)16-10-11-16/h6-9,16H,1,3,5,10-11H2,2,4H3/b9-8-,15-7+,17-13+. The first-order valence-electron chi connectivity index (χ1n) is 6.39. The van der Waals surface area contributed by atoms with E-state index in [0.29, 0.717) is 5.92 Å². The van der Waals surface area contributed by atoms with Crippen molar-refractivity contribution in [2.45, 2.75) is 26.7 Å². The highest BCUT2D eigenvalue weighted by atomic mass is 35.5. The van der Waals surface area contributed by atoms with Gasteiger partial charge in [0, 0.05) is 14.8 Å². The molecule has 0 N–H and O–H groups in total. The molecule has 1 aliphatic rings. The second-order valence-corrected chi connectivity index (χ2v) is 6.20. The molecule has 0 aromatic heterocycles. The van der Waals surface area contributed by atoms with Crippen molar-refractivity contribution in [2.24, 2.45) is 5.92 Å². The SMILES string of the molecule is C=C/C=C\C(=C/C)C(=C)S/C(C(=C)C1CC1)=C(\C)Cl. The van der Waals surface area contributed by atoms with E-state index in [9.17, 15) is 0 Å². The van der Waals surface area contributed by atoms with E-state index in [-0.39, 0.29) is 0 Å². The predicted molar refractivity (Wildman–Crippen MR) is 90.2 cm³/mol. The molecule has 0 saturated heterocycles. The Morgan fingerprint density at radius 1 is 1.32 bits per heavy atom. The van der Waals surface area contributed by atoms with Crippen LogP contribution in [0.3, 0.4) is 0 Å². The van der Waals surface area contributed by atoms with E-state index in [1.165, 1.54) is 12.8 Å². The molecule has 1 rings (SSSR count). The van der Waals surface area contributed by atoms with Gasteiger partial charge in [-0.1, -0.05) is 67.4 Å². The summed E-state index contributed by atoms with van der Waals surface area (Å²) in [6, 6.07) is 0. The minimum atomic E-state index is 0.613. The first kappa shape index (κ1) is 16.1. The van der Waals surface area contributed by atoms with E-state index in [1.807, 2.05) is 32.1 Å². The normalized spacial score (nSPS) is 17.3. The van der Waals surface area contributed by atoms with Gasteiger partial charge in [-0.15, -0.1) is 0 Å². The number of rotatable bonds is 7. The molecule has 0 aromatic rings. The summed E-state index contributed by atoms with van der Waals surface area (Å²) < 4.78 is 0. The lowest BCUT2D eigenvalue weighted by atomic mass is 10.2. The molecule has 0 spiro atoms. The minimum absolute atomic E-state index is 0.613. The largest absolute Gasteiger partial charge is 0.0991 e. The Kier molecular flexibility index (Phi) is 6.47. The lowest BCUT2D eigenvalue weighted by Crippen LogP contribution is -1.91. The molecule has 0 aromatic carbocycles. The molecule has 19 heavy (non-hydrogen) atoms. The van der Waals surface area contributed by atoms with Gasteiger partial charge in [-0.2, -0.15) is 0 Å². The fraction of sp³-hybridized carbons (Fsp3) is 0.294. The Balaban J connectivity index is 2.82. The Bertz CT molecular complexity index is 469. The summed E-state index contributed by atoms with van der Waals surface area (Å²) in [4.78, 5) is 2.05. The van der Waals surface area contributed by atoms with Gasteiger partial charge in [0.1, 0.15) is 0 Å². The van der Waals surface area contributed by atoms with Crippen molar-refractivity contribution in [1.82, 2.24) is 0 Å². The van der Waals surface area contributed by atoms with Crippen LogP contribution in [0.15, 0.2) is 70.0 Å². The van der Waals surface area contributed by atoms with Gasteiger partial charge in [0.25, 0.3) is 0 Å². The molecule has 0 aliphatic heterocycles. The lowest BCUT2D eigenvalue weighted by Gasteiger charge is -2.13. The van der Waals surface area contributed by atoms with Crippen LogP contribution in [-0.4, -0.2) is 0 Å². The Morgan fingerprint density at radius 3 is 2.37 bits per heavy atom. The third-order valence-corrected chi connectivity index (χ3v) is 4.50. The van der Waals surface area contributed by atoms with E-state index in [0.717, 1.165) is 26.0 Å². The van der Waals surface area contributed by atoms with Crippen LogP contribution in [0.4, 0.5) is 0 Å². The fourth-order valence-electron chi connectivity index (χ4n) is 1.68. The topological polar surface area (TPSA) is 0 Å². The van der Waals surface area contributed by atoms with Crippen LogP contribution in [0, 0.1) is 5.92 Å². The second-order valence-electron chi connectivity index (χ2n) is 4.53. The van der Waals surface area contributed by atoms with Gasteiger partial charge in [-0.25, -0.2) is 0 Å². The minimum Gasteiger partial charge on any atom is -0.0991 e. The zero-order valence-electron chi connectivity index (χ0n) is 11.7. The maximum absolute atomic E-state index is 6.21. The molecule has 1 fully saturated rings. The highest BCUT2D eigenvalue weighted by Gasteiger charge is 2.28. The molecule has 2 heteroatoms. The van der Waals surface area contributed by atoms with Crippen molar-refractivity contribution in [2.75, 3.05) is 0 Å². The number of hydrogen-bond acceptors (Lipinski definition) is 1. The number of hydrogen-bond donors (Lipinski definition) is 0. The highest BCUT2D eigenvalue weighted by molar-refractivity contribution is 8.07. The molecule has 0 radical (unpaired) electrons. The monoisotopic (exact) mass is 292 g/mol. The quantitative estimate of drug-likeness (QED) is 0.492. The molecular weight excluding hydrogens is 272 g/mol. The van der Waals surface area contributed by atoms with Crippen molar-refractivity contribution < 1.29 is 0 Å². The molecule has 0 bridgehead atoms. The number of halogens is 1. The van der Waals surface area contributed by atoms with E-state index in [4.69, 9.17) is 11.6 Å². The van der Waals surface area contributed by atoms with Crippen LogP contribution >= 0.6 is 23.4 Å². The van der Waals surface area contributed by atoms with Crippen LogP contribution in [0.2, 0.25) is 0 Å². The summed E-state index contributed by atoms with van der Waals surface area (Å²) in [6.07, 6.45) is 10.2. The van der Waals surface area contributed by atoms with Crippen molar-refractivity contribution in [1.29, 1.82) is 0 Å². The zero-order valence-corrected chi connectivity index (χ0v) is 13.3. The summed E-state index contributed by atoms with van der Waals surface area (Å²) in [6.45, 7) is 15.9. The Morgan fingerprint density at radius 2 is 1.95 bits per heavy atom. The highest BCUT2D eigenvalue weighted by Crippen LogP contribution is 2.46. The summed E-state index contributed by atoms with van der Waals surface area (Å²) in [5, 5.41) is 0.797. The Labute approximate surface area is 126 Å². The molecule has 0 heterocycles. The summed E-state index contributed by atoms with van der Waals surface area (Å²) in [7, 11) is 0. The van der Waals surface area contributed by atoms with Crippen LogP contribution < -0.4 is 0 Å². The summed E-state index contributed by atoms with van der Waals surface area (Å²) in [5.74, 6) is 0.613. The van der Waals surface area contributed by atoms with Gasteiger partial charge in [0.2, 0.25) is 0 Å². The first-order valence-corrected chi connectivity index (χ1v) is 7.58. The van der Waals surface area contributed by atoms with Gasteiger partial charge in [0.15, 0.2) is 0 Å². The predicted octanol–water partition coefficient (Wildman–Crippen LogP) is 6.36. The van der Waals surface area contributed by atoms with E-state index >= 15 is 0 Å². The van der Waals surface area contributed by atoms with Gasteiger partial charge in [-0.05, 0) is 43.8 Å². The summed E-state index contributed by atoms with van der Waals surface area (Å²) in [5.41, 5.74) is 2.24. The van der Waals surface area contributed by atoms with Crippen LogP contribution in [0.5, 0.6) is 0 Å². The van der Waals surface area contributed by atoms with Crippen molar-refractivity contribution in [3.63, 3.8) is 0 Å². The van der Waals surface area contributed by atoms with Gasteiger partial charge < -0.3 is 0 Å². The molecule has 0 unspecified atom stereocenters. The number of thioether (sulfide) groups is 1. The maximum Gasteiger partial charge on any atom is 0.0293 e. The second kappa shape index (κ2) is 7.62. The average molecular weight is 293 g/mol. The maximum atomic E-state index is 6.21. The summed E-state index contributed by atoms with van der Waals surface area (Å²) >= 11 is 7.82. The van der Waals surface area contributed by atoms with E-state index in [1.54, 1.807) is 17.8 Å². The fourth-order valence-corrected chi connectivity index (χ4v) is 2.90. The molecule has 0 nitrogen and oxygen atoms in total. The van der Waals surface area contributed by atoms with E-state index < -0.39 is 0 Å². The Hall–Kier alpha value is -0.920. The van der Waals surface area contributed by atoms with Crippen molar-refractivity contribution in [3.05, 3.63) is 70.0 Å².